The maximum Gasteiger partial charge on any atom is 0.404 e. The molecule has 0 aromatic heterocycles. The molecular weight excluding hydrogens is 288 g/mol. The normalized spacial score (nSPS) is 22.3. The second kappa shape index (κ2) is 6.01. The molecule has 0 bridgehead atoms. The number of halogens is 4. The van der Waals surface area contributed by atoms with Crippen molar-refractivity contribution < 1.29 is 22.4 Å². The molecule has 2 N–H and O–H groups in total. The third kappa shape index (κ3) is 3.18. The maximum atomic E-state index is 13.4. The molecule has 1 atom stereocenters. The number of hydrogen-bond donors (Lipinski definition) is 2. The number of rotatable bonds is 4. The third-order valence-corrected chi connectivity index (χ3v) is 3.77. The van der Waals surface area contributed by atoms with Crippen LogP contribution in [0.1, 0.15) is 12.0 Å². The Morgan fingerprint density at radius 1 is 1.33 bits per heavy atom. The van der Waals surface area contributed by atoms with Crippen LogP contribution in [0.3, 0.4) is 0 Å². The molecule has 1 fully saturated rings. The van der Waals surface area contributed by atoms with Gasteiger partial charge in [-0.25, -0.2) is 4.39 Å². The van der Waals surface area contributed by atoms with Gasteiger partial charge < -0.3 is 10.6 Å². The van der Waals surface area contributed by atoms with Crippen LogP contribution >= 0.6 is 0 Å². The number of alkyl halides is 3. The van der Waals surface area contributed by atoms with E-state index in [2.05, 4.69) is 10.6 Å². The molecule has 2 rings (SSSR count). The Balaban J connectivity index is 1.96. The Hall–Kier alpha value is -1.63. The zero-order valence-corrected chi connectivity index (χ0v) is 11.3. The first-order valence-electron chi connectivity index (χ1n) is 6.66. The van der Waals surface area contributed by atoms with E-state index in [9.17, 15) is 22.4 Å². The number of hydrogen-bond acceptors (Lipinski definition) is 2. The molecule has 1 aromatic carbocycles. The second-order valence-electron chi connectivity index (χ2n) is 5.10. The summed E-state index contributed by atoms with van der Waals surface area (Å²) in [5.74, 6) is -1.48. The van der Waals surface area contributed by atoms with Gasteiger partial charge in [-0.05, 0) is 31.0 Å². The van der Waals surface area contributed by atoms with Gasteiger partial charge in [-0.1, -0.05) is 18.2 Å². The van der Waals surface area contributed by atoms with Crippen molar-refractivity contribution in [1.82, 2.24) is 10.6 Å². The molecular formula is C14H16F4N2O. The summed E-state index contributed by atoms with van der Waals surface area (Å²) >= 11 is 0. The standard InChI is InChI=1S/C14H16F4N2O/c15-11-4-2-1-3-10(11)5-7-20-12(21)13(14(16,17)18)6-8-19-9-13/h1-4,19H,5-9H2,(H,20,21). The molecule has 116 valence electrons. The van der Waals surface area contributed by atoms with Crippen LogP contribution in [0.4, 0.5) is 17.6 Å². The van der Waals surface area contributed by atoms with E-state index >= 15 is 0 Å². The number of amides is 1. The Morgan fingerprint density at radius 2 is 2.05 bits per heavy atom. The smallest absolute Gasteiger partial charge is 0.355 e. The van der Waals surface area contributed by atoms with Crippen LogP contribution in [0.25, 0.3) is 0 Å². The highest BCUT2D eigenvalue weighted by Gasteiger charge is 2.61. The highest BCUT2D eigenvalue weighted by molar-refractivity contribution is 5.84. The fraction of sp³-hybridized carbons (Fsp3) is 0.500. The predicted molar refractivity (Wildman–Crippen MR) is 69.1 cm³/mol. The summed E-state index contributed by atoms with van der Waals surface area (Å²) in [7, 11) is 0. The van der Waals surface area contributed by atoms with E-state index in [1.165, 1.54) is 18.2 Å². The molecule has 0 saturated carbocycles. The van der Waals surface area contributed by atoms with E-state index in [0.29, 0.717) is 5.56 Å². The molecule has 0 spiro atoms. The van der Waals surface area contributed by atoms with Crippen molar-refractivity contribution in [3.63, 3.8) is 0 Å². The number of carbonyl (C=O) groups excluding carboxylic acids is 1. The van der Waals surface area contributed by atoms with Gasteiger partial charge in [0.05, 0.1) is 0 Å². The van der Waals surface area contributed by atoms with Crippen LogP contribution < -0.4 is 10.6 Å². The summed E-state index contributed by atoms with van der Waals surface area (Å²) < 4.78 is 52.7. The van der Waals surface area contributed by atoms with Gasteiger partial charge in [0, 0.05) is 13.1 Å². The SMILES string of the molecule is O=C(NCCc1ccccc1F)C1(C(F)(F)F)CCNC1. The van der Waals surface area contributed by atoms with Crippen LogP contribution in [0.15, 0.2) is 24.3 Å². The molecule has 21 heavy (non-hydrogen) atoms. The van der Waals surface area contributed by atoms with Crippen molar-refractivity contribution in [2.24, 2.45) is 5.41 Å². The third-order valence-electron chi connectivity index (χ3n) is 3.77. The van der Waals surface area contributed by atoms with Crippen LogP contribution in [-0.4, -0.2) is 31.7 Å². The summed E-state index contributed by atoms with van der Waals surface area (Å²) in [4.78, 5) is 11.9. The van der Waals surface area contributed by atoms with E-state index in [4.69, 9.17) is 0 Å². The molecule has 1 amide bonds. The highest BCUT2D eigenvalue weighted by atomic mass is 19.4. The summed E-state index contributed by atoms with van der Waals surface area (Å²) in [6.45, 7) is -0.292. The fourth-order valence-corrected chi connectivity index (χ4v) is 2.44. The quantitative estimate of drug-likeness (QED) is 0.836. The topological polar surface area (TPSA) is 41.1 Å². The summed E-state index contributed by atoms with van der Waals surface area (Å²) in [6.07, 6.45) is -4.72. The minimum atomic E-state index is -4.60. The van der Waals surface area contributed by atoms with Gasteiger partial charge in [-0.2, -0.15) is 13.2 Å². The molecule has 3 nitrogen and oxygen atoms in total. The van der Waals surface area contributed by atoms with E-state index in [0.717, 1.165) is 0 Å². The molecule has 1 heterocycles. The van der Waals surface area contributed by atoms with Crippen molar-refractivity contribution in [3.8, 4) is 0 Å². The van der Waals surface area contributed by atoms with Gasteiger partial charge in [-0.15, -0.1) is 0 Å². The molecule has 1 aliphatic heterocycles. The Labute approximate surface area is 119 Å². The van der Waals surface area contributed by atoms with E-state index in [1.807, 2.05) is 0 Å². The predicted octanol–water partition coefficient (Wildman–Crippen LogP) is 2.03. The van der Waals surface area contributed by atoms with Gasteiger partial charge >= 0.3 is 6.18 Å². The van der Waals surface area contributed by atoms with Crippen molar-refractivity contribution in [2.45, 2.75) is 19.0 Å². The lowest BCUT2D eigenvalue weighted by molar-refractivity contribution is -0.215. The molecule has 7 heteroatoms. The van der Waals surface area contributed by atoms with E-state index < -0.39 is 29.9 Å². The average molecular weight is 304 g/mol. The molecule has 0 aliphatic carbocycles. The van der Waals surface area contributed by atoms with Gasteiger partial charge in [0.2, 0.25) is 5.91 Å². The van der Waals surface area contributed by atoms with Crippen LogP contribution in [-0.2, 0) is 11.2 Å². The monoisotopic (exact) mass is 304 g/mol. The first-order chi connectivity index (χ1) is 9.87. The van der Waals surface area contributed by atoms with Gasteiger partial charge in [0.15, 0.2) is 5.41 Å². The molecule has 1 unspecified atom stereocenters. The lowest BCUT2D eigenvalue weighted by atomic mass is 9.85. The lowest BCUT2D eigenvalue weighted by Crippen LogP contribution is -2.52. The molecule has 1 aromatic rings. The van der Waals surface area contributed by atoms with Crippen molar-refractivity contribution in [1.29, 1.82) is 0 Å². The largest absolute Gasteiger partial charge is 0.404 e. The minimum absolute atomic E-state index is 0.0302. The summed E-state index contributed by atoms with van der Waals surface area (Å²) in [5.41, 5.74) is -2.01. The molecule has 1 aliphatic rings. The Bertz CT molecular complexity index is 510. The lowest BCUT2D eigenvalue weighted by Gasteiger charge is -2.29. The number of benzene rings is 1. The Morgan fingerprint density at radius 3 is 2.62 bits per heavy atom. The second-order valence-corrected chi connectivity index (χ2v) is 5.10. The first-order valence-corrected chi connectivity index (χ1v) is 6.66. The van der Waals surface area contributed by atoms with Crippen LogP contribution in [0, 0.1) is 11.2 Å². The average Bonchev–Trinajstić information content (AvgIpc) is 2.91. The van der Waals surface area contributed by atoms with Crippen LogP contribution in [0.5, 0.6) is 0 Å². The highest BCUT2D eigenvalue weighted by Crippen LogP contribution is 2.43. The van der Waals surface area contributed by atoms with Gasteiger partial charge in [-0.3, -0.25) is 4.79 Å². The molecule has 0 radical (unpaired) electrons. The van der Waals surface area contributed by atoms with Crippen molar-refractivity contribution in [3.05, 3.63) is 35.6 Å². The van der Waals surface area contributed by atoms with Gasteiger partial charge in [0.25, 0.3) is 0 Å². The van der Waals surface area contributed by atoms with Crippen molar-refractivity contribution >= 4 is 5.91 Å². The Kier molecular flexibility index (Phi) is 4.51. The van der Waals surface area contributed by atoms with Crippen LogP contribution in [0.2, 0.25) is 0 Å². The zero-order valence-electron chi connectivity index (χ0n) is 11.3. The van der Waals surface area contributed by atoms with Gasteiger partial charge in [0.1, 0.15) is 5.82 Å². The fourth-order valence-electron chi connectivity index (χ4n) is 2.44. The van der Waals surface area contributed by atoms with E-state index in [-0.39, 0.29) is 25.9 Å². The zero-order chi connectivity index (χ0) is 15.5. The maximum absolute atomic E-state index is 13.4. The summed E-state index contributed by atoms with van der Waals surface area (Å²) in [5, 5.41) is 4.86. The molecule has 1 saturated heterocycles. The minimum Gasteiger partial charge on any atom is -0.355 e. The number of nitrogens with one attached hydrogen (secondary N) is 2. The first kappa shape index (κ1) is 15.8. The summed E-state index contributed by atoms with van der Waals surface area (Å²) in [6, 6.07) is 5.98. The van der Waals surface area contributed by atoms with E-state index in [1.54, 1.807) is 6.07 Å². The van der Waals surface area contributed by atoms with Crippen molar-refractivity contribution in [2.75, 3.05) is 19.6 Å². The number of carbonyl (C=O) groups is 1.